The third kappa shape index (κ3) is 2.77. The normalized spacial score (nSPS) is 16.3. The Kier molecular flexibility index (Phi) is 3.75. The van der Waals surface area contributed by atoms with Crippen LogP contribution in [0.4, 0.5) is 0 Å². The Morgan fingerprint density at radius 2 is 1.73 bits per heavy atom. The number of cyclic esters (lactones) is 1. The van der Waals surface area contributed by atoms with Gasteiger partial charge >= 0.3 is 5.97 Å². The number of carbonyl (C=O) groups is 1. The van der Waals surface area contributed by atoms with Crippen molar-refractivity contribution >= 4 is 24.8 Å². The third-order valence-corrected chi connectivity index (χ3v) is 7.02. The van der Waals surface area contributed by atoms with Crippen LogP contribution in [0.25, 0.3) is 5.57 Å². The van der Waals surface area contributed by atoms with Crippen LogP contribution in [0.1, 0.15) is 16.7 Å². The standard InChI is InChI=1S/C19H20O2Si/c1-14-8-10-16(11-9-14)22(2,3)13-18-17-7-5-4-6-15(17)12-21-19(18)20/h4-11,13H,12H2,1-3H3/b18-13-. The van der Waals surface area contributed by atoms with E-state index in [0.29, 0.717) is 6.61 Å². The van der Waals surface area contributed by atoms with Crippen LogP contribution in [0.3, 0.4) is 0 Å². The summed E-state index contributed by atoms with van der Waals surface area (Å²) in [7, 11) is -1.86. The highest BCUT2D eigenvalue weighted by Crippen LogP contribution is 2.28. The van der Waals surface area contributed by atoms with E-state index in [2.05, 4.69) is 50.0 Å². The zero-order valence-corrected chi connectivity index (χ0v) is 14.2. The van der Waals surface area contributed by atoms with Gasteiger partial charge in [-0.3, -0.25) is 0 Å². The molecule has 0 atom stereocenters. The second-order valence-electron chi connectivity index (χ2n) is 6.38. The number of fused-ring (bicyclic) bond motifs is 1. The van der Waals surface area contributed by atoms with Crippen LogP contribution in [0.2, 0.25) is 13.1 Å². The lowest BCUT2D eigenvalue weighted by Crippen LogP contribution is -2.40. The highest BCUT2D eigenvalue weighted by Gasteiger charge is 2.28. The predicted octanol–water partition coefficient (Wildman–Crippen LogP) is 3.59. The summed E-state index contributed by atoms with van der Waals surface area (Å²) in [5, 5.41) is 1.32. The first-order valence-corrected chi connectivity index (χ1v) is 10.6. The van der Waals surface area contributed by atoms with E-state index in [1.165, 1.54) is 10.8 Å². The highest BCUT2D eigenvalue weighted by atomic mass is 28.3. The number of esters is 1. The van der Waals surface area contributed by atoms with Gasteiger partial charge in [-0.1, -0.05) is 78.1 Å². The number of ether oxygens (including phenoxy) is 1. The maximum Gasteiger partial charge on any atom is 0.338 e. The van der Waals surface area contributed by atoms with Crippen molar-refractivity contribution < 1.29 is 9.53 Å². The first-order valence-electron chi connectivity index (χ1n) is 7.53. The zero-order valence-electron chi connectivity index (χ0n) is 13.2. The van der Waals surface area contributed by atoms with Crippen LogP contribution in [0, 0.1) is 6.92 Å². The lowest BCUT2D eigenvalue weighted by Gasteiger charge is -2.24. The van der Waals surface area contributed by atoms with Gasteiger partial charge in [-0.25, -0.2) is 4.79 Å². The van der Waals surface area contributed by atoms with E-state index in [9.17, 15) is 4.79 Å². The van der Waals surface area contributed by atoms with E-state index >= 15 is 0 Å². The molecule has 2 aromatic rings. The molecule has 0 amide bonds. The minimum Gasteiger partial charge on any atom is -0.457 e. The number of aryl methyl sites for hydroxylation is 1. The fourth-order valence-corrected chi connectivity index (χ4v) is 4.99. The second-order valence-corrected chi connectivity index (χ2v) is 10.7. The fraction of sp³-hybridized carbons (Fsp3) is 0.211. The summed E-state index contributed by atoms with van der Waals surface area (Å²) in [4.78, 5) is 12.3. The molecule has 0 unspecified atom stereocenters. The molecule has 22 heavy (non-hydrogen) atoms. The van der Waals surface area contributed by atoms with Gasteiger partial charge in [0.2, 0.25) is 0 Å². The van der Waals surface area contributed by atoms with Crippen LogP contribution in [-0.2, 0) is 16.1 Å². The Balaban J connectivity index is 2.07. The third-order valence-electron chi connectivity index (χ3n) is 4.19. The molecule has 1 aliphatic heterocycles. The van der Waals surface area contributed by atoms with Gasteiger partial charge < -0.3 is 4.74 Å². The summed E-state index contributed by atoms with van der Waals surface area (Å²) in [6, 6.07) is 16.6. The average molecular weight is 308 g/mol. The Hall–Kier alpha value is -2.13. The van der Waals surface area contributed by atoms with Crippen molar-refractivity contribution in [3.05, 3.63) is 70.9 Å². The molecular weight excluding hydrogens is 288 g/mol. The summed E-state index contributed by atoms with van der Waals surface area (Å²) < 4.78 is 5.33. The minimum absolute atomic E-state index is 0.202. The molecule has 0 saturated heterocycles. The van der Waals surface area contributed by atoms with Crippen LogP contribution in [-0.4, -0.2) is 14.0 Å². The quantitative estimate of drug-likeness (QED) is 0.481. The average Bonchev–Trinajstić information content (AvgIpc) is 2.50. The summed E-state index contributed by atoms with van der Waals surface area (Å²) in [6.45, 7) is 6.98. The molecule has 1 aliphatic rings. The van der Waals surface area contributed by atoms with E-state index in [4.69, 9.17) is 4.74 Å². The van der Waals surface area contributed by atoms with Gasteiger partial charge in [-0.15, -0.1) is 0 Å². The van der Waals surface area contributed by atoms with Gasteiger partial charge in [0.15, 0.2) is 0 Å². The van der Waals surface area contributed by atoms with Crippen molar-refractivity contribution in [2.45, 2.75) is 26.6 Å². The molecule has 0 radical (unpaired) electrons. The summed E-state index contributed by atoms with van der Waals surface area (Å²) in [5.41, 5.74) is 6.24. The number of benzene rings is 2. The van der Waals surface area contributed by atoms with Crippen molar-refractivity contribution in [2.24, 2.45) is 0 Å². The first kappa shape index (κ1) is 14.8. The topological polar surface area (TPSA) is 26.3 Å². The molecule has 0 fully saturated rings. The Bertz CT molecular complexity index is 742. The van der Waals surface area contributed by atoms with Crippen molar-refractivity contribution in [1.82, 2.24) is 0 Å². The van der Waals surface area contributed by atoms with Crippen molar-refractivity contribution in [3.63, 3.8) is 0 Å². The Morgan fingerprint density at radius 1 is 1.05 bits per heavy atom. The van der Waals surface area contributed by atoms with E-state index in [1.807, 2.05) is 24.3 Å². The second kappa shape index (κ2) is 5.58. The lowest BCUT2D eigenvalue weighted by molar-refractivity contribution is -0.138. The molecule has 0 saturated carbocycles. The smallest absolute Gasteiger partial charge is 0.338 e. The van der Waals surface area contributed by atoms with Crippen LogP contribution in [0.15, 0.2) is 54.2 Å². The monoisotopic (exact) mass is 308 g/mol. The maximum atomic E-state index is 12.3. The molecule has 0 aromatic heterocycles. The number of hydrogen-bond donors (Lipinski definition) is 0. The van der Waals surface area contributed by atoms with Crippen molar-refractivity contribution in [2.75, 3.05) is 0 Å². The van der Waals surface area contributed by atoms with E-state index in [-0.39, 0.29) is 5.97 Å². The molecule has 3 heteroatoms. The van der Waals surface area contributed by atoms with Gasteiger partial charge in [-0.2, -0.15) is 0 Å². The SMILES string of the molecule is Cc1ccc([Si](C)(C)/C=C2\C(=O)OCc3ccccc32)cc1. The van der Waals surface area contributed by atoms with E-state index < -0.39 is 8.07 Å². The van der Waals surface area contributed by atoms with Crippen molar-refractivity contribution in [1.29, 1.82) is 0 Å². The number of hydrogen-bond acceptors (Lipinski definition) is 2. The highest BCUT2D eigenvalue weighted by molar-refractivity contribution is 6.94. The minimum atomic E-state index is -1.86. The summed E-state index contributed by atoms with van der Waals surface area (Å²) in [5.74, 6) is -0.202. The molecule has 2 aromatic carbocycles. The molecule has 112 valence electrons. The zero-order chi connectivity index (χ0) is 15.7. The van der Waals surface area contributed by atoms with Gasteiger partial charge in [0.05, 0.1) is 5.57 Å². The Labute approximate surface area is 132 Å². The van der Waals surface area contributed by atoms with Crippen LogP contribution >= 0.6 is 0 Å². The van der Waals surface area contributed by atoms with E-state index in [1.54, 1.807) is 0 Å². The first-order chi connectivity index (χ1) is 10.5. The molecule has 1 heterocycles. The maximum absolute atomic E-state index is 12.3. The van der Waals surface area contributed by atoms with Crippen LogP contribution in [0.5, 0.6) is 0 Å². The van der Waals surface area contributed by atoms with Gasteiger partial charge in [-0.05, 0) is 18.1 Å². The molecule has 0 aliphatic carbocycles. The molecule has 3 rings (SSSR count). The molecule has 0 spiro atoms. The van der Waals surface area contributed by atoms with E-state index in [0.717, 1.165) is 16.7 Å². The van der Waals surface area contributed by atoms with Gasteiger partial charge in [0.1, 0.15) is 14.7 Å². The number of rotatable bonds is 2. The predicted molar refractivity (Wildman–Crippen MR) is 92.5 cm³/mol. The Morgan fingerprint density at radius 3 is 2.45 bits per heavy atom. The molecular formula is C19H20O2Si. The molecule has 0 N–H and O–H groups in total. The fourth-order valence-electron chi connectivity index (χ4n) is 2.80. The summed E-state index contributed by atoms with van der Waals surface area (Å²) >= 11 is 0. The molecule has 2 nitrogen and oxygen atoms in total. The van der Waals surface area contributed by atoms with Gasteiger partial charge in [0.25, 0.3) is 0 Å². The lowest BCUT2D eigenvalue weighted by atomic mass is 9.99. The number of carbonyl (C=O) groups excluding carboxylic acids is 1. The van der Waals surface area contributed by atoms with Crippen molar-refractivity contribution in [3.8, 4) is 0 Å². The molecule has 0 bridgehead atoms. The van der Waals surface area contributed by atoms with Gasteiger partial charge in [0, 0.05) is 0 Å². The van der Waals surface area contributed by atoms with Crippen LogP contribution < -0.4 is 5.19 Å². The summed E-state index contributed by atoms with van der Waals surface area (Å²) in [6.07, 6.45) is 0. The largest absolute Gasteiger partial charge is 0.457 e.